The lowest BCUT2D eigenvalue weighted by Gasteiger charge is -2.24. The zero-order valence-corrected chi connectivity index (χ0v) is 11.7. The largest absolute Gasteiger partial charge is 0.388 e. The van der Waals surface area contributed by atoms with Gasteiger partial charge in [-0.05, 0) is 62.6 Å². The third kappa shape index (κ3) is 3.12. The van der Waals surface area contributed by atoms with Crippen molar-refractivity contribution in [3.05, 3.63) is 34.9 Å². The monoisotopic (exact) mass is 248 g/mol. The van der Waals surface area contributed by atoms with E-state index in [0.717, 1.165) is 18.4 Å². The first-order valence-corrected chi connectivity index (χ1v) is 6.87. The Bertz CT molecular complexity index is 410. The Hall–Kier alpha value is -0.860. The molecule has 0 spiro atoms. The smallest absolute Gasteiger partial charge is 0.0791 e. The number of hydrogen-bond donors (Lipinski definition) is 1. The van der Waals surface area contributed by atoms with Crippen LogP contribution in [-0.4, -0.2) is 17.8 Å². The summed E-state index contributed by atoms with van der Waals surface area (Å²) in [6.07, 6.45) is 4.86. The third-order valence-corrected chi connectivity index (χ3v) is 4.08. The van der Waals surface area contributed by atoms with E-state index < -0.39 is 0 Å². The van der Waals surface area contributed by atoms with Crippen LogP contribution in [0.3, 0.4) is 0 Å². The summed E-state index contributed by atoms with van der Waals surface area (Å²) in [5.74, 6) is 0. The second kappa shape index (κ2) is 5.41. The van der Waals surface area contributed by atoms with E-state index in [9.17, 15) is 5.11 Å². The van der Waals surface area contributed by atoms with Gasteiger partial charge in [-0.3, -0.25) is 0 Å². The summed E-state index contributed by atoms with van der Waals surface area (Å²) < 4.78 is 5.39. The van der Waals surface area contributed by atoms with Crippen LogP contribution in [0.5, 0.6) is 0 Å². The number of aryl methyl sites for hydroxylation is 2. The molecule has 0 saturated heterocycles. The zero-order valence-electron chi connectivity index (χ0n) is 11.7. The van der Waals surface area contributed by atoms with E-state index in [2.05, 4.69) is 32.0 Å². The predicted molar refractivity (Wildman–Crippen MR) is 73.7 cm³/mol. The number of benzene rings is 1. The van der Waals surface area contributed by atoms with Crippen LogP contribution in [0.2, 0.25) is 0 Å². The predicted octanol–water partition coefficient (Wildman–Crippen LogP) is 3.41. The lowest BCUT2D eigenvalue weighted by atomic mass is 9.95. The highest BCUT2D eigenvalue weighted by Gasteiger charge is 2.20. The van der Waals surface area contributed by atoms with Crippen molar-refractivity contribution in [1.82, 2.24) is 0 Å². The molecule has 0 saturated carbocycles. The second-order valence-corrected chi connectivity index (χ2v) is 5.90. The molecule has 2 nitrogen and oxygen atoms in total. The summed E-state index contributed by atoms with van der Waals surface area (Å²) in [6.45, 7) is 4.12. The molecule has 18 heavy (non-hydrogen) atoms. The van der Waals surface area contributed by atoms with Gasteiger partial charge < -0.3 is 9.84 Å². The summed E-state index contributed by atoms with van der Waals surface area (Å²) in [7, 11) is 1.72. The van der Waals surface area contributed by atoms with Gasteiger partial charge in [-0.25, -0.2) is 0 Å². The number of aliphatic hydroxyl groups is 1. The van der Waals surface area contributed by atoms with Crippen molar-refractivity contribution in [1.29, 1.82) is 0 Å². The summed E-state index contributed by atoms with van der Waals surface area (Å²) in [6, 6.07) is 6.45. The molecule has 0 aliphatic heterocycles. The number of aliphatic hydroxyl groups excluding tert-OH is 1. The molecule has 0 radical (unpaired) electrons. The SMILES string of the molecule is COC(C)(C)CCC(O)c1ccc2c(c1)CCC2. The molecule has 1 aliphatic carbocycles. The summed E-state index contributed by atoms with van der Waals surface area (Å²) in [4.78, 5) is 0. The fourth-order valence-corrected chi connectivity index (χ4v) is 2.55. The minimum atomic E-state index is -0.370. The Kier molecular flexibility index (Phi) is 4.08. The molecule has 1 aliphatic rings. The number of hydrogen-bond acceptors (Lipinski definition) is 2. The van der Waals surface area contributed by atoms with Crippen molar-refractivity contribution in [2.45, 2.75) is 57.7 Å². The second-order valence-electron chi connectivity index (χ2n) is 5.90. The molecule has 1 unspecified atom stereocenters. The molecule has 1 N–H and O–H groups in total. The van der Waals surface area contributed by atoms with Crippen LogP contribution >= 0.6 is 0 Å². The van der Waals surface area contributed by atoms with Gasteiger partial charge in [0.1, 0.15) is 0 Å². The Morgan fingerprint density at radius 1 is 1.28 bits per heavy atom. The van der Waals surface area contributed by atoms with Gasteiger partial charge in [0.25, 0.3) is 0 Å². The van der Waals surface area contributed by atoms with Crippen molar-refractivity contribution in [2.75, 3.05) is 7.11 Å². The van der Waals surface area contributed by atoms with Gasteiger partial charge in [0.05, 0.1) is 11.7 Å². The lowest BCUT2D eigenvalue weighted by Crippen LogP contribution is -2.23. The molecule has 2 rings (SSSR count). The molecule has 1 aromatic carbocycles. The van der Waals surface area contributed by atoms with Gasteiger partial charge in [-0.15, -0.1) is 0 Å². The van der Waals surface area contributed by atoms with Crippen LogP contribution in [-0.2, 0) is 17.6 Å². The highest BCUT2D eigenvalue weighted by Crippen LogP contribution is 2.28. The van der Waals surface area contributed by atoms with E-state index in [0.29, 0.717) is 0 Å². The molecular weight excluding hydrogens is 224 g/mol. The molecular formula is C16H24O2. The maximum Gasteiger partial charge on any atom is 0.0791 e. The van der Waals surface area contributed by atoms with Crippen LogP contribution in [0.4, 0.5) is 0 Å². The van der Waals surface area contributed by atoms with Crippen molar-refractivity contribution in [2.24, 2.45) is 0 Å². The minimum absolute atomic E-state index is 0.155. The molecule has 0 fully saturated rings. The number of fused-ring (bicyclic) bond motifs is 1. The minimum Gasteiger partial charge on any atom is -0.388 e. The van der Waals surface area contributed by atoms with E-state index in [1.807, 2.05) is 0 Å². The van der Waals surface area contributed by atoms with Gasteiger partial charge in [-0.2, -0.15) is 0 Å². The molecule has 100 valence electrons. The molecule has 0 aromatic heterocycles. The highest BCUT2D eigenvalue weighted by atomic mass is 16.5. The van der Waals surface area contributed by atoms with Crippen molar-refractivity contribution >= 4 is 0 Å². The Morgan fingerprint density at radius 3 is 2.72 bits per heavy atom. The van der Waals surface area contributed by atoms with E-state index in [1.165, 1.54) is 30.4 Å². The van der Waals surface area contributed by atoms with Gasteiger partial charge in [0.15, 0.2) is 0 Å². The van der Waals surface area contributed by atoms with Gasteiger partial charge in [0, 0.05) is 7.11 Å². The van der Waals surface area contributed by atoms with Gasteiger partial charge in [0.2, 0.25) is 0 Å². The Labute approximate surface area is 110 Å². The van der Waals surface area contributed by atoms with E-state index in [4.69, 9.17) is 4.74 Å². The highest BCUT2D eigenvalue weighted by molar-refractivity contribution is 5.36. The normalized spacial score (nSPS) is 16.7. The first-order chi connectivity index (χ1) is 8.52. The zero-order chi connectivity index (χ0) is 13.2. The van der Waals surface area contributed by atoms with E-state index >= 15 is 0 Å². The molecule has 0 amide bonds. The quantitative estimate of drug-likeness (QED) is 0.865. The fraction of sp³-hybridized carbons (Fsp3) is 0.625. The molecule has 1 aromatic rings. The van der Waals surface area contributed by atoms with Gasteiger partial charge in [-0.1, -0.05) is 18.2 Å². The summed E-state index contributed by atoms with van der Waals surface area (Å²) >= 11 is 0. The number of rotatable bonds is 5. The van der Waals surface area contributed by atoms with Crippen LogP contribution in [0.15, 0.2) is 18.2 Å². The average Bonchev–Trinajstić information content (AvgIpc) is 2.83. The van der Waals surface area contributed by atoms with Crippen molar-refractivity contribution in [3.8, 4) is 0 Å². The fourth-order valence-electron chi connectivity index (χ4n) is 2.55. The lowest BCUT2D eigenvalue weighted by molar-refractivity contribution is 0.00278. The van der Waals surface area contributed by atoms with Crippen LogP contribution < -0.4 is 0 Å². The maximum absolute atomic E-state index is 10.3. The average molecular weight is 248 g/mol. The van der Waals surface area contributed by atoms with Gasteiger partial charge >= 0.3 is 0 Å². The van der Waals surface area contributed by atoms with Crippen LogP contribution in [0.1, 0.15) is 55.9 Å². The number of ether oxygens (including phenoxy) is 1. The molecule has 0 heterocycles. The number of methoxy groups -OCH3 is 1. The third-order valence-electron chi connectivity index (χ3n) is 4.08. The summed E-state index contributed by atoms with van der Waals surface area (Å²) in [5.41, 5.74) is 3.79. The van der Waals surface area contributed by atoms with Crippen LogP contribution in [0.25, 0.3) is 0 Å². The first-order valence-electron chi connectivity index (χ1n) is 6.87. The first kappa shape index (κ1) is 13.6. The summed E-state index contributed by atoms with van der Waals surface area (Å²) in [5, 5.41) is 10.3. The maximum atomic E-state index is 10.3. The topological polar surface area (TPSA) is 29.5 Å². The Balaban J connectivity index is 1.99. The van der Waals surface area contributed by atoms with Crippen LogP contribution in [0, 0.1) is 0 Å². The van der Waals surface area contributed by atoms with Crippen molar-refractivity contribution in [3.63, 3.8) is 0 Å². The molecule has 1 atom stereocenters. The van der Waals surface area contributed by atoms with E-state index in [-0.39, 0.29) is 11.7 Å². The Morgan fingerprint density at radius 2 is 2.00 bits per heavy atom. The standard InChI is InChI=1S/C16H24O2/c1-16(2,18-3)10-9-15(17)14-8-7-12-5-4-6-13(12)11-14/h7-8,11,15,17H,4-6,9-10H2,1-3H3. The molecule has 0 bridgehead atoms. The van der Waals surface area contributed by atoms with Crippen molar-refractivity contribution < 1.29 is 9.84 Å². The van der Waals surface area contributed by atoms with E-state index in [1.54, 1.807) is 7.11 Å². The molecule has 2 heteroatoms.